The van der Waals surface area contributed by atoms with Crippen LogP contribution in [0.2, 0.25) is 4.34 Å². The molecule has 0 bridgehead atoms. The van der Waals surface area contributed by atoms with Crippen LogP contribution in [0.5, 0.6) is 0 Å². The third-order valence-electron chi connectivity index (χ3n) is 4.02. The van der Waals surface area contributed by atoms with Crippen molar-refractivity contribution in [3.05, 3.63) is 10.0 Å². The SMILES string of the molecule is CC(=O)OOC(=O)CCCSC1C(NC(=O)/C(=N\OCC(=O)O)c2nc(N)sc2Cl)C(=O)N1C. The highest BCUT2D eigenvalue weighted by Crippen LogP contribution is 2.30. The molecule has 0 aromatic carbocycles. The zero-order valence-corrected chi connectivity index (χ0v) is 20.2. The Bertz CT molecular complexity index is 1000. The van der Waals surface area contributed by atoms with Crippen molar-refractivity contribution >= 4 is 75.3 Å². The van der Waals surface area contributed by atoms with Crippen LogP contribution in [0.3, 0.4) is 0 Å². The zero-order valence-electron chi connectivity index (χ0n) is 17.8. The minimum absolute atomic E-state index is 0.0222. The van der Waals surface area contributed by atoms with E-state index in [1.165, 1.54) is 16.7 Å². The molecular weight excluding hydrogens is 518 g/mol. The van der Waals surface area contributed by atoms with E-state index in [4.69, 9.17) is 22.4 Å². The summed E-state index contributed by atoms with van der Waals surface area (Å²) < 4.78 is 0.0222. The molecule has 2 unspecified atom stereocenters. The number of nitrogens with one attached hydrogen (secondary N) is 1. The fourth-order valence-electron chi connectivity index (χ4n) is 2.53. The summed E-state index contributed by atoms with van der Waals surface area (Å²) in [6.07, 6.45) is 0.330. The second kappa shape index (κ2) is 12.4. The van der Waals surface area contributed by atoms with Crippen molar-refractivity contribution in [1.82, 2.24) is 15.2 Å². The molecule has 186 valence electrons. The van der Waals surface area contributed by atoms with E-state index in [9.17, 15) is 24.0 Å². The van der Waals surface area contributed by atoms with Gasteiger partial charge in [-0.2, -0.15) is 0 Å². The van der Waals surface area contributed by atoms with Gasteiger partial charge in [-0.05, 0) is 12.2 Å². The number of nitrogens with zero attached hydrogens (tertiary/aromatic N) is 3. The van der Waals surface area contributed by atoms with Gasteiger partial charge in [-0.25, -0.2) is 29.1 Å². The van der Waals surface area contributed by atoms with E-state index >= 15 is 0 Å². The number of anilines is 1. The lowest BCUT2D eigenvalue weighted by atomic mass is 10.1. The highest BCUT2D eigenvalue weighted by Gasteiger charge is 2.46. The van der Waals surface area contributed by atoms with Crippen LogP contribution in [0.25, 0.3) is 0 Å². The molecule has 34 heavy (non-hydrogen) atoms. The molecule has 2 heterocycles. The Morgan fingerprint density at radius 3 is 2.65 bits per heavy atom. The lowest BCUT2D eigenvalue weighted by molar-refractivity contribution is -0.257. The topological polar surface area (TPSA) is 200 Å². The fraction of sp³-hybridized carbons (Fsp3) is 0.471. The van der Waals surface area contributed by atoms with E-state index in [-0.39, 0.29) is 27.5 Å². The summed E-state index contributed by atoms with van der Waals surface area (Å²) in [5.41, 5.74) is 5.03. The van der Waals surface area contributed by atoms with E-state index in [2.05, 4.69) is 30.1 Å². The number of thiazole rings is 1. The summed E-state index contributed by atoms with van der Waals surface area (Å²) in [6.45, 7) is 0.268. The van der Waals surface area contributed by atoms with E-state index in [1.807, 2.05) is 0 Å². The van der Waals surface area contributed by atoms with E-state index in [0.717, 1.165) is 18.3 Å². The minimum Gasteiger partial charge on any atom is -0.479 e. The first-order valence-corrected chi connectivity index (χ1v) is 11.7. The monoisotopic (exact) mass is 537 g/mol. The number of nitrogen functional groups attached to an aromatic ring is 1. The molecule has 1 fully saturated rings. The minimum atomic E-state index is -1.32. The molecule has 0 saturated carbocycles. The van der Waals surface area contributed by atoms with E-state index < -0.39 is 47.5 Å². The van der Waals surface area contributed by atoms with Crippen LogP contribution in [0.4, 0.5) is 5.13 Å². The first kappa shape index (κ1) is 27.1. The third kappa shape index (κ3) is 7.46. The molecule has 2 atom stereocenters. The number of likely N-dealkylation sites (tertiary alicyclic amines) is 1. The molecule has 0 aliphatic carbocycles. The number of carboxylic acid groups (broad SMARTS) is 1. The number of carboxylic acids is 1. The predicted octanol–water partition coefficient (Wildman–Crippen LogP) is 0.00160. The van der Waals surface area contributed by atoms with Gasteiger partial charge in [-0.3, -0.25) is 9.59 Å². The lowest BCUT2D eigenvalue weighted by Gasteiger charge is -2.44. The van der Waals surface area contributed by atoms with Gasteiger partial charge in [0.1, 0.15) is 21.4 Å². The van der Waals surface area contributed by atoms with Gasteiger partial charge in [0.2, 0.25) is 12.5 Å². The van der Waals surface area contributed by atoms with Gasteiger partial charge in [0.15, 0.2) is 10.8 Å². The first-order valence-electron chi connectivity index (χ1n) is 9.42. The summed E-state index contributed by atoms with van der Waals surface area (Å²) in [7, 11) is 1.54. The number of carbonyl (C=O) groups excluding carboxylic acids is 4. The molecule has 1 aromatic heterocycles. The molecule has 4 N–H and O–H groups in total. The summed E-state index contributed by atoms with van der Waals surface area (Å²) >= 11 is 8.20. The lowest BCUT2D eigenvalue weighted by Crippen LogP contribution is -2.68. The molecule has 2 rings (SSSR count). The van der Waals surface area contributed by atoms with Gasteiger partial charge >= 0.3 is 17.9 Å². The van der Waals surface area contributed by atoms with Crippen molar-refractivity contribution in [3.8, 4) is 0 Å². The zero-order chi connectivity index (χ0) is 25.4. The predicted molar refractivity (Wildman–Crippen MR) is 120 cm³/mol. The van der Waals surface area contributed by atoms with Crippen LogP contribution < -0.4 is 11.1 Å². The maximum atomic E-state index is 12.8. The van der Waals surface area contributed by atoms with Crippen molar-refractivity contribution in [2.45, 2.75) is 31.2 Å². The molecule has 1 aliphatic rings. The second-order valence-corrected chi connectivity index (χ2v) is 9.43. The fourth-order valence-corrected chi connectivity index (χ4v) is 4.72. The quantitative estimate of drug-likeness (QED) is 0.112. The van der Waals surface area contributed by atoms with Crippen LogP contribution in [0, 0.1) is 0 Å². The highest BCUT2D eigenvalue weighted by molar-refractivity contribution is 8.00. The van der Waals surface area contributed by atoms with E-state index in [1.54, 1.807) is 7.05 Å². The third-order valence-corrected chi connectivity index (χ3v) is 6.56. The van der Waals surface area contributed by atoms with Gasteiger partial charge in [0.25, 0.3) is 5.91 Å². The van der Waals surface area contributed by atoms with Crippen LogP contribution in [-0.2, 0) is 38.6 Å². The van der Waals surface area contributed by atoms with Gasteiger partial charge < -0.3 is 25.9 Å². The van der Waals surface area contributed by atoms with Crippen molar-refractivity contribution < 1.29 is 43.7 Å². The Kier molecular flexibility index (Phi) is 9.88. The molecule has 2 amide bonds. The molecular formula is C17H20ClN5O9S2. The number of β-lactam (4-membered cyclic amide) rings is 1. The summed E-state index contributed by atoms with van der Waals surface area (Å²) in [6, 6.07) is -0.935. The Balaban J connectivity index is 1.99. The van der Waals surface area contributed by atoms with Gasteiger partial charge in [0.05, 0.1) is 6.42 Å². The van der Waals surface area contributed by atoms with Crippen molar-refractivity contribution in [2.24, 2.45) is 5.16 Å². The number of oxime groups is 1. The van der Waals surface area contributed by atoms with Gasteiger partial charge in [-0.15, -0.1) is 11.8 Å². The van der Waals surface area contributed by atoms with Crippen molar-refractivity contribution in [3.63, 3.8) is 0 Å². The Labute approximate surface area is 205 Å². The standard InChI is InChI=1S/C17H20ClN5O9S2/c1-7(24)31-32-9(27)4-3-5-33-16-12(15(29)23(16)2)20-14(28)11(22-30-6-8(25)26)10-13(18)34-17(19)21-10/h12,16H,3-6H2,1-2H3,(H2,19,21)(H,20,28)(H,25,26)/b22-11-. The van der Waals surface area contributed by atoms with Crippen LogP contribution in [0.15, 0.2) is 5.16 Å². The molecule has 0 spiro atoms. The Hall–Kier alpha value is -3.11. The highest BCUT2D eigenvalue weighted by atomic mass is 35.5. The molecule has 1 saturated heterocycles. The number of nitrogens with two attached hydrogens (primary N) is 1. The van der Waals surface area contributed by atoms with Crippen LogP contribution >= 0.6 is 34.7 Å². The Morgan fingerprint density at radius 1 is 1.35 bits per heavy atom. The number of amides is 2. The molecule has 14 nitrogen and oxygen atoms in total. The number of thioether (sulfide) groups is 1. The molecule has 17 heteroatoms. The number of carbonyl (C=O) groups is 5. The van der Waals surface area contributed by atoms with Crippen LogP contribution in [0.1, 0.15) is 25.5 Å². The molecule has 1 aromatic rings. The van der Waals surface area contributed by atoms with Crippen molar-refractivity contribution in [2.75, 3.05) is 25.1 Å². The van der Waals surface area contributed by atoms with Crippen LogP contribution in [-0.4, -0.2) is 81.2 Å². The van der Waals surface area contributed by atoms with Gasteiger partial charge in [0, 0.05) is 14.0 Å². The number of aromatic nitrogens is 1. The maximum absolute atomic E-state index is 12.8. The number of hydrogen-bond donors (Lipinski definition) is 3. The number of hydrogen-bond acceptors (Lipinski definition) is 13. The Morgan fingerprint density at radius 2 is 2.06 bits per heavy atom. The number of likely N-dealkylation sites (N-methyl/N-ethyl adjacent to an activating group) is 1. The van der Waals surface area contributed by atoms with E-state index in [0.29, 0.717) is 12.2 Å². The first-order chi connectivity index (χ1) is 16.0. The smallest absolute Gasteiger partial charge is 0.355 e. The molecule has 1 aliphatic heterocycles. The molecule has 0 radical (unpaired) electrons. The summed E-state index contributed by atoms with van der Waals surface area (Å²) in [5.74, 6) is -3.64. The average molecular weight is 538 g/mol. The number of halogens is 1. The van der Waals surface area contributed by atoms with Gasteiger partial charge in [-0.1, -0.05) is 28.1 Å². The normalized spacial score (nSPS) is 17.6. The number of aliphatic carboxylic acids is 1. The number of rotatable bonds is 11. The maximum Gasteiger partial charge on any atom is 0.355 e. The average Bonchev–Trinajstić information content (AvgIpc) is 3.10. The van der Waals surface area contributed by atoms with Crippen molar-refractivity contribution in [1.29, 1.82) is 0 Å². The summed E-state index contributed by atoms with van der Waals surface area (Å²) in [4.78, 5) is 76.3. The second-order valence-electron chi connectivity index (χ2n) is 6.58. The largest absolute Gasteiger partial charge is 0.479 e. The summed E-state index contributed by atoms with van der Waals surface area (Å²) in [5, 5.41) is 14.3.